The molecule has 2 aromatic heterocycles. The molecule has 0 aliphatic carbocycles. The summed E-state index contributed by atoms with van der Waals surface area (Å²) in [4.78, 5) is 17.4. The van der Waals surface area contributed by atoms with Crippen LogP contribution in [0.25, 0.3) is 16.9 Å². The zero-order chi connectivity index (χ0) is 22.2. The van der Waals surface area contributed by atoms with E-state index in [9.17, 15) is 9.90 Å². The minimum Gasteiger partial charge on any atom is -0.497 e. The van der Waals surface area contributed by atoms with Crippen LogP contribution in [0, 0.1) is 6.92 Å². The van der Waals surface area contributed by atoms with Gasteiger partial charge in [-0.25, -0.2) is 9.50 Å². The van der Waals surface area contributed by atoms with Crippen LogP contribution in [0.2, 0.25) is 0 Å². The first kappa shape index (κ1) is 20.6. The fraction of sp³-hybridized carbons (Fsp3) is 0.208. The van der Waals surface area contributed by atoms with E-state index in [0.29, 0.717) is 17.2 Å². The molecular formula is C24H24N4O3. The molecular weight excluding hydrogens is 392 g/mol. The monoisotopic (exact) mass is 416 g/mol. The lowest BCUT2D eigenvalue weighted by atomic mass is 9.97. The summed E-state index contributed by atoms with van der Waals surface area (Å²) in [5.74, 6) is 1.50. The lowest BCUT2D eigenvalue weighted by Crippen LogP contribution is -2.17. The quantitative estimate of drug-likeness (QED) is 0.509. The van der Waals surface area contributed by atoms with Crippen molar-refractivity contribution in [2.45, 2.75) is 26.4 Å². The van der Waals surface area contributed by atoms with Crippen LogP contribution in [0.3, 0.4) is 0 Å². The average molecular weight is 416 g/mol. The SMILES string of the molecule is COc1ccc(-c2nc(NC(=O)c3ccc(C(C)(C)O)cc3)cc3cc(C)nn23)cc1. The molecule has 0 saturated heterocycles. The molecule has 4 aromatic rings. The predicted molar refractivity (Wildman–Crippen MR) is 119 cm³/mol. The molecule has 2 heterocycles. The molecule has 0 radical (unpaired) electrons. The molecule has 4 rings (SSSR count). The summed E-state index contributed by atoms with van der Waals surface area (Å²) in [6, 6.07) is 18.1. The molecule has 0 saturated carbocycles. The summed E-state index contributed by atoms with van der Waals surface area (Å²) in [7, 11) is 1.62. The van der Waals surface area contributed by atoms with Gasteiger partial charge in [0, 0.05) is 17.2 Å². The number of aryl methyl sites for hydroxylation is 1. The van der Waals surface area contributed by atoms with Crippen molar-refractivity contribution in [3.05, 3.63) is 77.5 Å². The summed E-state index contributed by atoms with van der Waals surface area (Å²) in [6.45, 7) is 5.32. The highest BCUT2D eigenvalue weighted by Crippen LogP contribution is 2.25. The molecule has 0 aliphatic rings. The Hall–Kier alpha value is -3.71. The maximum absolute atomic E-state index is 12.8. The van der Waals surface area contributed by atoms with Crippen molar-refractivity contribution in [1.82, 2.24) is 14.6 Å². The van der Waals surface area contributed by atoms with Crippen molar-refractivity contribution in [2.24, 2.45) is 0 Å². The Kier molecular flexibility index (Phi) is 5.20. The molecule has 2 aromatic carbocycles. The van der Waals surface area contributed by atoms with Gasteiger partial charge >= 0.3 is 0 Å². The highest BCUT2D eigenvalue weighted by Gasteiger charge is 2.17. The second kappa shape index (κ2) is 7.85. The van der Waals surface area contributed by atoms with Gasteiger partial charge in [0.25, 0.3) is 5.91 Å². The molecule has 158 valence electrons. The number of benzene rings is 2. The first-order valence-electron chi connectivity index (χ1n) is 9.91. The van der Waals surface area contributed by atoms with Crippen LogP contribution in [-0.2, 0) is 5.60 Å². The molecule has 0 aliphatic heterocycles. The number of nitrogens with zero attached hydrogens (tertiary/aromatic N) is 3. The molecule has 1 amide bonds. The van der Waals surface area contributed by atoms with Crippen molar-refractivity contribution < 1.29 is 14.6 Å². The number of methoxy groups -OCH3 is 1. The summed E-state index contributed by atoms with van der Waals surface area (Å²) >= 11 is 0. The van der Waals surface area contributed by atoms with Gasteiger partial charge in [0.05, 0.1) is 23.9 Å². The second-order valence-corrected chi connectivity index (χ2v) is 7.91. The van der Waals surface area contributed by atoms with E-state index in [1.165, 1.54) is 0 Å². The lowest BCUT2D eigenvalue weighted by Gasteiger charge is -2.17. The minimum atomic E-state index is -0.964. The van der Waals surface area contributed by atoms with Gasteiger partial charge in [-0.2, -0.15) is 5.10 Å². The fourth-order valence-corrected chi connectivity index (χ4v) is 3.33. The summed E-state index contributed by atoms with van der Waals surface area (Å²) in [5, 5.41) is 17.5. The zero-order valence-electron chi connectivity index (χ0n) is 17.9. The summed E-state index contributed by atoms with van der Waals surface area (Å²) in [5.41, 5.74) is 2.77. The van der Waals surface area contributed by atoms with Gasteiger partial charge in [-0.1, -0.05) is 12.1 Å². The molecule has 0 bridgehead atoms. The smallest absolute Gasteiger partial charge is 0.256 e. The molecule has 0 unspecified atom stereocenters. The number of anilines is 1. The molecule has 0 spiro atoms. The minimum absolute atomic E-state index is 0.281. The van der Waals surface area contributed by atoms with Gasteiger partial charge in [-0.3, -0.25) is 4.79 Å². The van der Waals surface area contributed by atoms with E-state index in [0.717, 1.165) is 28.1 Å². The van der Waals surface area contributed by atoms with E-state index in [1.54, 1.807) is 55.8 Å². The zero-order valence-corrected chi connectivity index (χ0v) is 17.9. The van der Waals surface area contributed by atoms with Crippen LogP contribution in [0.15, 0.2) is 60.7 Å². The number of carbonyl (C=O) groups excluding carboxylic acids is 1. The van der Waals surface area contributed by atoms with Gasteiger partial charge in [0.15, 0.2) is 5.82 Å². The third-order valence-corrected chi connectivity index (χ3v) is 5.01. The fourth-order valence-electron chi connectivity index (χ4n) is 3.33. The van der Waals surface area contributed by atoms with Crippen LogP contribution in [0.5, 0.6) is 5.75 Å². The number of amides is 1. The van der Waals surface area contributed by atoms with Crippen molar-refractivity contribution in [3.8, 4) is 17.1 Å². The Morgan fingerprint density at radius 1 is 1.06 bits per heavy atom. The molecule has 0 fully saturated rings. The Morgan fingerprint density at radius 3 is 2.35 bits per heavy atom. The van der Waals surface area contributed by atoms with E-state index >= 15 is 0 Å². The van der Waals surface area contributed by atoms with Crippen LogP contribution in [-0.4, -0.2) is 32.7 Å². The molecule has 0 atom stereocenters. The van der Waals surface area contributed by atoms with E-state index in [1.807, 2.05) is 37.3 Å². The van der Waals surface area contributed by atoms with Gasteiger partial charge < -0.3 is 15.2 Å². The molecule has 7 heteroatoms. The summed E-state index contributed by atoms with van der Waals surface area (Å²) < 4.78 is 6.99. The number of hydrogen-bond donors (Lipinski definition) is 2. The van der Waals surface area contributed by atoms with Gasteiger partial charge in [-0.15, -0.1) is 0 Å². The third-order valence-electron chi connectivity index (χ3n) is 5.01. The summed E-state index contributed by atoms with van der Waals surface area (Å²) in [6.07, 6.45) is 0. The number of hydrogen-bond acceptors (Lipinski definition) is 5. The van der Waals surface area contributed by atoms with E-state index in [4.69, 9.17) is 4.74 Å². The Labute approximate surface area is 180 Å². The largest absolute Gasteiger partial charge is 0.497 e. The van der Waals surface area contributed by atoms with Gasteiger partial charge in [-0.05, 0) is 68.8 Å². The maximum atomic E-state index is 12.8. The number of aliphatic hydroxyl groups is 1. The van der Waals surface area contributed by atoms with Crippen molar-refractivity contribution in [1.29, 1.82) is 0 Å². The number of aromatic nitrogens is 3. The third kappa shape index (κ3) is 4.27. The number of nitrogens with one attached hydrogen (secondary N) is 1. The normalized spacial score (nSPS) is 11.5. The first-order valence-corrected chi connectivity index (χ1v) is 9.91. The Morgan fingerprint density at radius 2 is 1.74 bits per heavy atom. The highest BCUT2D eigenvalue weighted by atomic mass is 16.5. The Bertz CT molecular complexity index is 1240. The average Bonchev–Trinajstić information content (AvgIpc) is 3.12. The number of carbonyl (C=O) groups is 1. The topological polar surface area (TPSA) is 88.8 Å². The van der Waals surface area contributed by atoms with E-state index < -0.39 is 5.60 Å². The van der Waals surface area contributed by atoms with E-state index in [-0.39, 0.29) is 5.91 Å². The molecule has 2 N–H and O–H groups in total. The lowest BCUT2D eigenvalue weighted by molar-refractivity contribution is 0.0785. The van der Waals surface area contributed by atoms with Crippen molar-refractivity contribution in [2.75, 3.05) is 12.4 Å². The number of rotatable bonds is 5. The maximum Gasteiger partial charge on any atom is 0.256 e. The van der Waals surface area contributed by atoms with Crippen LogP contribution in [0.4, 0.5) is 5.82 Å². The first-order chi connectivity index (χ1) is 14.7. The van der Waals surface area contributed by atoms with Crippen molar-refractivity contribution in [3.63, 3.8) is 0 Å². The number of ether oxygens (including phenoxy) is 1. The van der Waals surface area contributed by atoms with Crippen LogP contribution < -0.4 is 10.1 Å². The van der Waals surface area contributed by atoms with Crippen molar-refractivity contribution >= 4 is 17.2 Å². The number of fused-ring (bicyclic) bond motifs is 1. The van der Waals surface area contributed by atoms with Crippen LogP contribution in [0.1, 0.15) is 35.5 Å². The second-order valence-electron chi connectivity index (χ2n) is 7.91. The molecule has 31 heavy (non-hydrogen) atoms. The standard InChI is InChI=1S/C24H24N4O3/c1-15-13-19-14-21(26-23(29)17-5-9-18(10-6-17)24(2,3)30)25-22(28(19)27-15)16-7-11-20(31-4)12-8-16/h5-14,30H,1-4H3,(H,26,29). The van der Waals surface area contributed by atoms with E-state index in [2.05, 4.69) is 15.4 Å². The predicted octanol–water partition coefficient (Wildman–Crippen LogP) is 4.19. The molecule has 7 nitrogen and oxygen atoms in total. The van der Waals surface area contributed by atoms with Crippen LogP contribution >= 0.6 is 0 Å². The Balaban J connectivity index is 1.68. The highest BCUT2D eigenvalue weighted by molar-refractivity contribution is 6.04. The van der Waals surface area contributed by atoms with Gasteiger partial charge in [0.1, 0.15) is 11.6 Å². The van der Waals surface area contributed by atoms with Gasteiger partial charge in [0.2, 0.25) is 0 Å².